The summed E-state index contributed by atoms with van der Waals surface area (Å²) in [5.41, 5.74) is 16.6. The molecule has 0 amide bonds. The number of para-hydroxylation sites is 1. The number of aromatic hydroxyl groups is 1. The summed E-state index contributed by atoms with van der Waals surface area (Å²) in [4.78, 5) is 18.3. The number of hydrogen-bond donors (Lipinski definition) is 4. The third kappa shape index (κ3) is 5.30. The summed E-state index contributed by atoms with van der Waals surface area (Å²) < 4.78 is 14.8. The summed E-state index contributed by atoms with van der Waals surface area (Å²) in [6.45, 7) is 4.09. The predicted molar refractivity (Wildman–Crippen MR) is 130 cm³/mol. The summed E-state index contributed by atoms with van der Waals surface area (Å²) in [7, 11) is 1.90. The molecule has 0 spiro atoms. The fourth-order valence-electron chi connectivity index (χ4n) is 3.99. The van der Waals surface area contributed by atoms with Gasteiger partial charge in [-0.15, -0.1) is 0 Å². The lowest BCUT2D eigenvalue weighted by molar-refractivity contribution is -0.104. The number of aldehydes is 1. The Morgan fingerprint density at radius 1 is 1.27 bits per heavy atom. The van der Waals surface area contributed by atoms with E-state index in [0.717, 1.165) is 16.8 Å². The number of likely N-dealkylation sites (N-methyl/N-ethyl adjacent to an activating group) is 1. The van der Waals surface area contributed by atoms with Crippen LogP contribution in [0.3, 0.4) is 0 Å². The van der Waals surface area contributed by atoms with E-state index >= 15 is 0 Å². The van der Waals surface area contributed by atoms with Crippen LogP contribution in [0.4, 0.5) is 10.2 Å². The molecule has 4 rings (SSSR count). The van der Waals surface area contributed by atoms with Gasteiger partial charge in [0.15, 0.2) is 0 Å². The molecule has 6 N–H and O–H groups in total. The van der Waals surface area contributed by atoms with Gasteiger partial charge < -0.3 is 26.5 Å². The Hall–Kier alpha value is -3.91. The lowest BCUT2D eigenvalue weighted by Gasteiger charge is -2.14. The number of hydrogen-bond acceptors (Lipinski definition) is 6. The minimum absolute atomic E-state index is 0.0854. The number of allylic oxidation sites excluding steroid dienone is 1. The van der Waals surface area contributed by atoms with Gasteiger partial charge in [-0.2, -0.15) is 0 Å². The van der Waals surface area contributed by atoms with Crippen LogP contribution in [0.25, 0.3) is 22.9 Å². The molecule has 0 saturated carbocycles. The van der Waals surface area contributed by atoms with Gasteiger partial charge in [0.2, 0.25) is 0 Å². The second kappa shape index (κ2) is 10.6. The Bertz CT molecular complexity index is 1140. The maximum atomic E-state index is 14.8. The number of nitrogens with two attached hydrogens (primary N) is 2. The summed E-state index contributed by atoms with van der Waals surface area (Å²) in [5.74, 6) is 0.174. The minimum Gasteiger partial charge on any atom is -0.507 e. The quantitative estimate of drug-likeness (QED) is 0.349. The molecule has 1 fully saturated rings. The lowest BCUT2D eigenvalue weighted by atomic mass is 9.93. The number of anilines is 1. The topological polar surface area (TPSA) is 121 Å². The Labute approximate surface area is 192 Å². The highest BCUT2D eigenvalue weighted by molar-refractivity contribution is 5.92. The van der Waals surface area contributed by atoms with Crippen LogP contribution in [-0.4, -0.2) is 52.6 Å². The normalized spacial score (nSPS) is 18.4. The standard InChI is InChI=1S/C22H24FN5O.C3H4O/c1-28-11-16(17(23)12-28)21-20(13-6-8-26-9-7-13)15(22(25)27-21)10-18(24)14-4-2-3-5-19(14)29;1-2-3-4/h2-10,16-17,27,29H,11-12,24-25H2,1H3;2-3H,1H2/b18-10-;. The molecule has 33 heavy (non-hydrogen) atoms. The number of benzene rings is 1. The number of alkyl halides is 1. The number of carbonyl (C=O) groups is 1. The second-order valence-corrected chi connectivity index (χ2v) is 7.81. The van der Waals surface area contributed by atoms with E-state index in [0.29, 0.717) is 42.0 Å². The molecule has 1 aliphatic rings. The number of rotatable bonds is 5. The molecule has 172 valence electrons. The van der Waals surface area contributed by atoms with E-state index in [2.05, 4.69) is 16.5 Å². The van der Waals surface area contributed by atoms with E-state index in [4.69, 9.17) is 16.3 Å². The van der Waals surface area contributed by atoms with E-state index in [1.807, 2.05) is 24.1 Å². The number of phenolic OH excluding ortho intramolecular Hbond substituents is 1. The van der Waals surface area contributed by atoms with Crippen LogP contribution in [0.2, 0.25) is 0 Å². The summed E-state index contributed by atoms with van der Waals surface area (Å²) in [6, 6.07) is 10.6. The second-order valence-electron chi connectivity index (χ2n) is 7.81. The average molecular weight is 450 g/mol. The van der Waals surface area contributed by atoms with Gasteiger partial charge in [0.25, 0.3) is 0 Å². The van der Waals surface area contributed by atoms with Crippen molar-refractivity contribution in [2.24, 2.45) is 5.73 Å². The van der Waals surface area contributed by atoms with Crippen LogP contribution in [0.15, 0.2) is 61.4 Å². The molecule has 0 bridgehead atoms. The number of aromatic amines is 1. The molecule has 3 heterocycles. The van der Waals surface area contributed by atoms with Crippen LogP contribution in [0.1, 0.15) is 22.7 Å². The van der Waals surface area contributed by atoms with Crippen LogP contribution >= 0.6 is 0 Å². The number of aromatic nitrogens is 2. The van der Waals surface area contributed by atoms with Crippen molar-refractivity contribution in [3.63, 3.8) is 0 Å². The summed E-state index contributed by atoms with van der Waals surface area (Å²) in [5, 5.41) is 10.1. The van der Waals surface area contributed by atoms with Gasteiger partial charge in [-0.3, -0.25) is 9.78 Å². The SMILES string of the molecule is C=CC=O.CN1CC(F)C(c2[nH]c(N)c(/C=C(\N)c3ccccc3O)c2-c2ccncc2)C1. The van der Waals surface area contributed by atoms with Crippen LogP contribution in [0.5, 0.6) is 5.75 Å². The van der Waals surface area contributed by atoms with Crippen molar-refractivity contribution in [1.82, 2.24) is 14.9 Å². The number of likely N-dealkylation sites (tertiary alicyclic amines) is 1. The number of phenols is 1. The number of H-pyrrole nitrogens is 1. The molecule has 3 aromatic rings. The Morgan fingerprint density at radius 2 is 1.94 bits per heavy atom. The maximum absolute atomic E-state index is 14.8. The fraction of sp³-hybridized carbons (Fsp3) is 0.200. The van der Waals surface area contributed by atoms with Crippen molar-refractivity contribution in [1.29, 1.82) is 0 Å². The molecule has 2 unspecified atom stereocenters. The van der Waals surface area contributed by atoms with E-state index in [-0.39, 0.29) is 11.7 Å². The van der Waals surface area contributed by atoms with Gasteiger partial charge in [0.05, 0.1) is 0 Å². The van der Waals surface area contributed by atoms with Crippen molar-refractivity contribution < 1.29 is 14.3 Å². The Balaban J connectivity index is 0.000000709. The lowest BCUT2D eigenvalue weighted by Crippen LogP contribution is -2.13. The zero-order valence-electron chi connectivity index (χ0n) is 18.4. The highest BCUT2D eigenvalue weighted by Crippen LogP contribution is 2.41. The smallest absolute Gasteiger partial charge is 0.142 e. The van der Waals surface area contributed by atoms with Crippen LogP contribution in [0, 0.1) is 0 Å². The molecule has 1 saturated heterocycles. The highest BCUT2D eigenvalue weighted by Gasteiger charge is 2.36. The van der Waals surface area contributed by atoms with E-state index < -0.39 is 6.17 Å². The van der Waals surface area contributed by atoms with Crippen LogP contribution < -0.4 is 11.5 Å². The third-order valence-corrected chi connectivity index (χ3v) is 5.48. The highest BCUT2D eigenvalue weighted by atomic mass is 19.1. The Morgan fingerprint density at radius 3 is 2.52 bits per heavy atom. The first kappa shape index (κ1) is 23.7. The first-order valence-electron chi connectivity index (χ1n) is 10.4. The number of nitrogen functional groups attached to an aromatic ring is 1. The Kier molecular flexibility index (Phi) is 7.63. The molecule has 0 aliphatic carbocycles. The number of nitrogens with zero attached hydrogens (tertiary/aromatic N) is 2. The van der Waals surface area contributed by atoms with Crippen molar-refractivity contribution >= 4 is 23.9 Å². The molecule has 2 aromatic heterocycles. The van der Waals surface area contributed by atoms with Gasteiger partial charge in [-0.05, 0) is 49.0 Å². The first-order chi connectivity index (χ1) is 15.9. The van der Waals surface area contributed by atoms with E-state index in [9.17, 15) is 9.50 Å². The molecule has 0 radical (unpaired) electrons. The number of halogens is 1. The third-order valence-electron chi connectivity index (χ3n) is 5.48. The molecular formula is C25H28FN5O2. The first-order valence-corrected chi connectivity index (χ1v) is 10.4. The molecule has 1 aliphatic heterocycles. The summed E-state index contributed by atoms with van der Waals surface area (Å²) in [6.07, 6.45) is 5.95. The predicted octanol–water partition coefficient (Wildman–Crippen LogP) is 3.56. The van der Waals surface area contributed by atoms with Crippen molar-refractivity contribution in [3.05, 3.63) is 78.3 Å². The summed E-state index contributed by atoms with van der Waals surface area (Å²) >= 11 is 0. The largest absolute Gasteiger partial charge is 0.507 e. The average Bonchev–Trinajstić information content (AvgIpc) is 3.32. The minimum atomic E-state index is -0.994. The van der Waals surface area contributed by atoms with Crippen molar-refractivity contribution in [3.8, 4) is 16.9 Å². The zero-order valence-corrected chi connectivity index (χ0v) is 18.4. The number of nitrogens with one attached hydrogen (secondary N) is 1. The van der Waals surface area contributed by atoms with Gasteiger partial charge in [0, 0.05) is 59.5 Å². The van der Waals surface area contributed by atoms with Gasteiger partial charge in [-0.25, -0.2) is 4.39 Å². The van der Waals surface area contributed by atoms with Gasteiger partial charge in [-0.1, -0.05) is 18.7 Å². The fourth-order valence-corrected chi connectivity index (χ4v) is 3.99. The maximum Gasteiger partial charge on any atom is 0.142 e. The molecule has 2 atom stereocenters. The van der Waals surface area contributed by atoms with E-state index in [1.54, 1.807) is 42.7 Å². The number of carbonyl (C=O) groups excluding carboxylic acids is 1. The van der Waals surface area contributed by atoms with E-state index in [1.165, 1.54) is 6.08 Å². The molecule has 8 heteroatoms. The van der Waals surface area contributed by atoms with Gasteiger partial charge >= 0.3 is 0 Å². The molecule has 1 aromatic carbocycles. The number of pyridine rings is 1. The van der Waals surface area contributed by atoms with Crippen molar-refractivity contribution in [2.75, 3.05) is 25.9 Å². The zero-order chi connectivity index (χ0) is 24.0. The van der Waals surface area contributed by atoms with Crippen LogP contribution in [-0.2, 0) is 4.79 Å². The monoisotopic (exact) mass is 449 g/mol. The molecular weight excluding hydrogens is 421 g/mol. The van der Waals surface area contributed by atoms with Crippen molar-refractivity contribution in [2.45, 2.75) is 12.1 Å². The van der Waals surface area contributed by atoms with Gasteiger partial charge in [0.1, 0.15) is 24.0 Å². The molecule has 7 nitrogen and oxygen atoms in total.